The molecule has 1 atom stereocenters. The van der Waals surface area contributed by atoms with E-state index < -0.39 is 0 Å². The Hall–Kier alpha value is -0.0800. The Morgan fingerprint density at radius 1 is 0.857 bits per heavy atom. The highest BCUT2D eigenvalue weighted by Gasteiger charge is 2.53. The first-order chi connectivity index (χ1) is 10.2. The molecule has 0 radical (unpaired) electrons. The predicted octanol–water partition coefficient (Wildman–Crippen LogP) is 4.10. The molecule has 1 N–H and O–H groups in total. The molecular weight excluding hydrogens is 256 g/mol. The summed E-state index contributed by atoms with van der Waals surface area (Å²) in [4.78, 5) is 3.03. The minimum atomic E-state index is 0.463. The summed E-state index contributed by atoms with van der Waals surface area (Å²) in [5.74, 6) is 0.980. The third-order valence-electron chi connectivity index (χ3n) is 7.23. The van der Waals surface area contributed by atoms with Crippen molar-refractivity contribution in [2.45, 2.75) is 101 Å². The molecule has 0 aromatic heterocycles. The molecule has 3 saturated carbocycles. The summed E-state index contributed by atoms with van der Waals surface area (Å²) in [6, 6.07) is 0.894. The van der Waals surface area contributed by atoms with Gasteiger partial charge in [0.1, 0.15) is 0 Å². The second-order valence-electron chi connectivity index (χ2n) is 8.75. The summed E-state index contributed by atoms with van der Waals surface area (Å²) in [5, 5.41) is 4.07. The van der Waals surface area contributed by atoms with Crippen molar-refractivity contribution in [1.29, 1.82) is 0 Å². The van der Waals surface area contributed by atoms with E-state index in [-0.39, 0.29) is 0 Å². The van der Waals surface area contributed by atoms with Crippen molar-refractivity contribution in [2.75, 3.05) is 13.1 Å². The van der Waals surface area contributed by atoms with Crippen molar-refractivity contribution < 1.29 is 0 Å². The highest BCUT2D eigenvalue weighted by atomic mass is 15.3. The van der Waals surface area contributed by atoms with E-state index in [4.69, 9.17) is 0 Å². The Labute approximate surface area is 131 Å². The van der Waals surface area contributed by atoms with Crippen molar-refractivity contribution in [3.63, 3.8) is 0 Å². The third-order valence-corrected chi connectivity index (χ3v) is 7.23. The SMILES string of the molecule is CC1(C2CC2)CNC2(CCCCC2)CN1C1CCCCC1. The normalized spacial score (nSPS) is 38.7. The van der Waals surface area contributed by atoms with Crippen LogP contribution in [0.2, 0.25) is 0 Å². The van der Waals surface area contributed by atoms with Gasteiger partial charge in [0.05, 0.1) is 0 Å². The van der Waals surface area contributed by atoms with Gasteiger partial charge in [-0.05, 0) is 51.4 Å². The number of hydrogen-bond donors (Lipinski definition) is 1. The second-order valence-corrected chi connectivity index (χ2v) is 8.75. The van der Waals surface area contributed by atoms with Gasteiger partial charge in [0.15, 0.2) is 0 Å². The number of nitrogens with zero attached hydrogens (tertiary/aromatic N) is 1. The summed E-state index contributed by atoms with van der Waals surface area (Å²) in [5.41, 5.74) is 0.939. The first kappa shape index (κ1) is 14.5. The molecule has 21 heavy (non-hydrogen) atoms. The van der Waals surface area contributed by atoms with Gasteiger partial charge in [0.2, 0.25) is 0 Å². The Morgan fingerprint density at radius 3 is 2.19 bits per heavy atom. The van der Waals surface area contributed by atoms with Gasteiger partial charge in [-0.1, -0.05) is 38.5 Å². The fraction of sp³-hybridized carbons (Fsp3) is 1.00. The monoisotopic (exact) mass is 290 g/mol. The average molecular weight is 290 g/mol. The van der Waals surface area contributed by atoms with Gasteiger partial charge in [-0.15, -0.1) is 0 Å². The summed E-state index contributed by atoms with van der Waals surface area (Å²) in [7, 11) is 0. The van der Waals surface area contributed by atoms with Crippen LogP contribution in [-0.4, -0.2) is 35.1 Å². The summed E-state index contributed by atoms with van der Waals surface area (Å²) in [6.45, 7) is 5.20. The van der Waals surface area contributed by atoms with E-state index in [1.165, 1.54) is 90.1 Å². The van der Waals surface area contributed by atoms with Crippen LogP contribution in [0.1, 0.15) is 84.0 Å². The molecule has 2 heteroatoms. The smallest absolute Gasteiger partial charge is 0.0337 e. The largest absolute Gasteiger partial charge is 0.308 e. The Kier molecular flexibility index (Phi) is 3.82. The van der Waals surface area contributed by atoms with E-state index in [1.54, 1.807) is 0 Å². The lowest BCUT2D eigenvalue weighted by Crippen LogP contribution is -2.72. The second kappa shape index (κ2) is 5.53. The molecule has 0 aromatic carbocycles. The Balaban J connectivity index is 1.56. The number of rotatable bonds is 2. The van der Waals surface area contributed by atoms with Gasteiger partial charge in [0, 0.05) is 30.2 Å². The van der Waals surface area contributed by atoms with E-state index in [0.29, 0.717) is 11.1 Å². The topological polar surface area (TPSA) is 15.3 Å². The van der Waals surface area contributed by atoms with Crippen molar-refractivity contribution in [1.82, 2.24) is 10.2 Å². The van der Waals surface area contributed by atoms with Crippen molar-refractivity contribution in [3.05, 3.63) is 0 Å². The maximum absolute atomic E-state index is 4.07. The molecule has 0 amide bonds. The van der Waals surface area contributed by atoms with Crippen LogP contribution in [-0.2, 0) is 0 Å². The van der Waals surface area contributed by atoms with Crippen LogP contribution in [0.25, 0.3) is 0 Å². The summed E-state index contributed by atoms with van der Waals surface area (Å²) in [6.07, 6.45) is 17.6. The van der Waals surface area contributed by atoms with Crippen LogP contribution in [0.4, 0.5) is 0 Å². The molecule has 3 aliphatic carbocycles. The molecule has 1 saturated heterocycles. The summed E-state index contributed by atoms with van der Waals surface area (Å²) < 4.78 is 0. The Morgan fingerprint density at radius 2 is 1.52 bits per heavy atom. The van der Waals surface area contributed by atoms with Gasteiger partial charge in [-0.3, -0.25) is 4.90 Å². The zero-order valence-electron chi connectivity index (χ0n) is 14.0. The van der Waals surface area contributed by atoms with Crippen LogP contribution >= 0.6 is 0 Å². The molecule has 1 unspecified atom stereocenters. The van der Waals surface area contributed by atoms with Crippen molar-refractivity contribution in [3.8, 4) is 0 Å². The first-order valence-corrected chi connectivity index (χ1v) is 9.74. The van der Waals surface area contributed by atoms with E-state index in [2.05, 4.69) is 17.1 Å². The molecule has 2 nitrogen and oxygen atoms in total. The molecule has 0 aromatic rings. The molecule has 4 fully saturated rings. The number of hydrogen-bond acceptors (Lipinski definition) is 2. The lowest BCUT2D eigenvalue weighted by atomic mass is 9.75. The molecule has 120 valence electrons. The molecular formula is C19H34N2. The van der Waals surface area contributed by atoms with E-state index in [1.807, 2.05) is 0 Å². The summed E-state index contributed by atoms with van der Waals surface area (Å²) >= 11 is 0. The maximum atomic E-state index is 4.07. The zero-order chi connectivity index (χ0) is 14.3. The quantitative estimate of drug-likeness (QED) is 0.824. The minimum Gasteiger partial charge on any atom is -0.308 e. The fourth-order valence-electron chi connectivity index (χ4n) is 5.62. The highest BCUT2D eigenvalue weighted by Crippen LogP contribution is 2.48. The average Bonchev–Trinajstić information content (AvgIpc) is 3.37. The predicted molar refractivity (Wildman–Crippen MR) is 88.5 cm³/mol. The minimum absolute atomic E-state index is 0.463. The number of piperazine rings is 1. The zero-order valence-corrected chi connectivity index (χ0v) is 14.0. The Bertz CT molecular complexity index is 364. The maximum Gasteiger partial charge on any atom is 0.0337 e. The van der Waals surface area contributed by atoms with Gasteiger partial charge >= 0.3 is 0 Å². The van der Waals surface area contributed by atoms with Gasteiger partial charge < -0.3 is 5.32 Å². The third kappa shape index (κ3) is 2.67. The van der Waals surface area contributed by atoms with Crippen LogP contribution < -0.4 is 5.32 Å². The van der Waals surface area contributed by atoms with Gasteiger partial charge in [0.25, 0.3) is 0 Å². The van der Waals surface area contributed by atoms with Crippen molar-refractivity contribution in [2.24, 2.45) is 5.92 Å². The fourth-order valence-corrected chi connectivity index (χ4v) is 5.62. The molecule has 4 aliphatic rings. The molecule has 1 spiro atoms. The van der Waals surface area contributed by atoms with Gasteiger partial charge in [-0.25, -0.2) is 0 Å². The van der Waals surface area contributed by atoms with Crippen LogP contribution in [0.5, 0.6) is 0 Å². The van der Waals surface area contributed by atoms with E-state index in [9.17, 15) is 0 Å². The molecule has 0 bridgehead atoms. The van der Waals surface area contributed by atoms with Gasteiger partial charge in [-0.2, -0.15) is 0 Å². The standard InChI is InChI=1S/C19H34N2/c1-18(16-10-11-16)14-20-19(12-6-3-7-13-19)15-21(18)17-8-4-2-5-9-17/h16-17,20H,2-15H2,1H3. The van der Waals surface area contributed by atoms with Crippen LogP contribution in [0.15, 0.2) is 0 Å². The molecule has 1 aliphatic heterocycles. The number of nitrogens with one attached hydrogen (secondary N) is 1. The van der Waals surface area contributed by atoms with Crippen LogP contribution in [0.3, 0.4) is 0 Å². The lowest BCUT2D eigenvalue weighted by Gasteiger charge is -2.58. The molecule has 4 rings (SSSR count). The molecule has 1 heterocycles. The van der Waals surface area contributed by atoms with Crippen LogP contribution in [0, 0.1) is 5.92 Å². The van der Waals surface area contributed by atoms with Crippen molar-refractivity contribution >= 4 is 0 Å². The van der Waals surface area contributed by atoms with E-state index in [0.717, 1.165) is 12.0 Å². The first-order valence-electron chi connectivity index (χ1n) is 9.74. The van der Waals surface area contributed by atoms with E-state index >= 15 is 0 Å². The lowest BCUT2D eigenvalue weighted by molar-refractivity contribution is -0.0494. The highest BCUT2D eigenvalue weighted by molar-refractivity contribution is 5.11.